The third kappa shape index (κ3) is 4.99. The summed E-state index contributed by atoms with van der Waals surface area (Å²) in [6.07, 6.45) is 1.59. The fraction of sp³-hybridized carbons (Fsp3) is 0.471. The SMILES string of the molecule is COc1cc(C=O)ccc1OCCCSc1nnc(C(C)(C)C)o1. The van der Waals surface area contributed by atoms with Gasteiger partial charge >= 0.3 is 0 Å². The summed E-state index contributed by atoms with van der Waals surface area (Å²) in [5.74, 6) is 2.63. The van der Waals surface area contributed by atoms with Gasteiger partial charge in [-0.15, -0.1) is 10.2 Å². The van der Waals surface area contributed by atoms with Gasteiger partial charge in [0.1, 0.15) is 6.29 Å². The summed E-state index contributed by atoms with van der Waals surface area (Å²) < 4.78 is 16.6. The standard InChI is InChI=1S/C17H22N2O4S/c1-17(2,3)15-18-19-16(23-15)24-9-5-8-22-13-7-6-12(11-20)10-14(13)21-4/h6-7,10-11H,5,8-9H2,1-4H3. The molecule has 0 amide bonds. The Balaban J connectivity index is 1.77. The van der Waals surface area contributed by atoms with Crippen LogP contribution in [0.25, 0.3) is 0 Å². The highest BCUT2D eigenvalue weighted by Gasteiger charge is 2.21. The molecule has 0 aliphatic rings. The van der Waals surface area contributed by atoms with E-state index in [4.69, 9.17) is 13.9 Å². The zero-order valence-corrected chi connectivity index (χ0v) is 15.2. The van der Waals surface area contributed by atoms with E-state index in [0.717, 1.165) is 18.5 Å². The highest BCUT2D eigenvalue weighted by Crippen LogP contribution is 2.28. The molecule has 1 aromatic carbocycles. The van der Waals surface area contributed by atoms with E-state index >= 15 is 0 Å². The Kier molecular flexibility index (Phi) is 6.25. The third-order valence-electron chi connectivity index (χ3n) is 3.14. The number of hydrogen-bond acceptors (Lipinski definition) is 7. The highest BCUT2D eigenvalue weighted by molar-refractivity contribution is 7.99. The van der Waals surface area contributed by atoms with Gasteiger partial charge in [0.05, 0.1) is 13.7 Å². The minimum atomic E-state index is -0.140. The molecule has 0 atom stereocenters. The molecule has 0 radical (unpaired) electrons. The van der Waals surface area contributed by atoms with Gasteiger partial charge in [0.25, 0.3) is 5.22 Å². The smallest absolute Gasteiger partial charge is 0.276 e. The van der Waals surface area contributed by atoms with Crippen LogP contribution in [-0.2, 0) is 5.41 Å². The fourth-order valence-corrected chi connectivity index (χ4v) is 2.52. The predicted octanol–water partition coefficient (Wildman–Crippen LogP) is 3.75. The normalized spacial score (nSPS) is 11.3. The zero-order valence-electron chi connectivity index (χ0n) is 14.4. The highest BCUT2D eigenvalue weighted by atomic mass is 32.2. The summed E-state index contributed by atoms with van der Waals surface area (Å²) in [5, 5.41) is 8.67. The molecule has 0 N–H and O–H groups in total. The number of aromatic nitrogens is 2. The molecule has 0 spiro atoms. The van der Waals surface area contributed by atoms with E-state index < -0.39 is 0 Å². The van der Waals surface area contributed by atoms with E-state index in [-0.39, 0.29) is 5.41 Å². The molecule has 1 aromatic heterocycles. The number of aldehydes is 1. The summed E-state index contributed by atoms with van der Waals surface area (Å²) in [6.45, 7) is 6.63. The van der Waals surface area contributed by atoms with Crippen molar-refractivity contribution in [2.75, 3.05) is 19.5 Å². The van der Waals surface area contributed by atoms with Crippen LogP contribution in [0, 0.1) is 0 Å². The van der Waals surface area contributed by atoms with Crippen molar-refractivity contribution in [2.45, 2.75) is 37.8 Å². The molecule has 24 heavy (non-hydrogen) atoms. The second-order valence-electron chi connectivity index (χ2n) is 6.20. The van der Waals surface area contributed by atoms with E-state index in [1.807, 2.05) is 20.8 Å². The second kappa shape index (κ2) is 8.19. The van der Waals surface area contributed by atoms with Gasteiger partial charge in [0.2, 0.25) is 5.89 Å². The number of nitrogens with zero attached hydrogens (tertiary/aromatic N) is 2. The molecule has 1 heterocycles. The maximum Gasteiger partial charge on any atom is 0.276 e. The molecule has 2 aromatic rings. The molecule has 0 saturated carbocycles. The van der Waals surface area contributed by atoms with Crippen LogP contribution in [-0.4, -0.2) is 36.0 Å². The summed E-state index contributed by atoms with van der Waals surface area (Å²) in [4.78, 5) is 10.8. The largest absolute Gasteiger partial charge is 0.493 e. The van der Waals surface area contributed by atoms with Crippen molar-refractivity contribution in [3.63, 3.8) is 0 Å². The first-order valence-electron chi connectivity index (χ1n) is 7.67. The topological polar surface area (TPSA) is 74.5 Å². The van der Waals surface area contributed by atoms with Crippen molar-refractivity contribution in [2.24, 2.45) is 0 Å². The van der Waals surface area contributed by atoms with Crippen molar-refractivity contribution in [3.8, 4) is 11.5 Å². The lowest BCUT2D eigenvalue weighted by atomic mass is 9.97. The van der Waals surface area contributed by atoms with E-state index in [2.05, 4.69) is 10.2 Å². The maximum atomic E-state index is 10.8. The molecular weight excluding hydrogens is 328 g/mol. The van der Waals surface area contributed by atoms with Crippen molar-refractivity contribution >= 4 is 18.0 Å². The molecule has 130 valence electrons. The maximum absolute atomic E-state index is 10.8. The van der Waals surface area contributed by atoms with Crippen molar-refractivity contribution in [3.05, 3.63) is 29.7 Å². The van der Waals surface area contributed by atoms with E-state index in [0.29, 0.717) is 34.8 Å². The first-order valence-corrected chi connectivity index (χ1v) is 8.65. The lowest BCUT2D eigenvalue weighted by Gasteiger charge is -2.11. The van der Waals surface area contributed by atoms with Crippen molar-refractivity contribution < 1.29 is 18.7 Å². The van der Waals surface area contributed by atoms with Gasteiger partial charge in [-0.1, -0.05) is 32.5 Å². The predicted molar refractivity (Wildman–Crippen MR) is 92.2 cm³/mol. The number of ether oxygens (including phenoxy) is 2. The van der Waals surface area contributed by atoms with Gasteiger partial charge in [0, 0.05) is 16.7 Å². The van der Waals surface area contributed by atoms with Crippen molar-refractivity contribution in [1.82, 2.24) is 10.2 Å². The molecule has 0 aliphatic carbocycles. The summed E-state index contributed by atoms with van der Waals surface area (Å²) in [5.41, 5.74) is 0.417. The summed E-state index contributed by atoms with van der Waals surface area (Å²) >= 11 is 1.51. The van der Waals surface area contributed by atoms with Gasteiger partial charge < -0.3 is 13.9 Å². The quantitative estimate of drug-likeness (QED) is 0.408. The Morgan fingerprint density at radius 2 is 2.04 bits per heavy atom. The van der Waals surface area contributed by atoms with Crippen LogP contribution in [0.1, 0.15) is 43.4 Å². The van der Waals surface area contributed by atoms with Gasteiger partial charge in [-0.25, -0.2) is 0 Å². The van der Waals surface area contributed by atoms with Crippen LogP contribution in [0.5, 0.6) is 11.5 Å². The molecule has 6 nitrogen and oxygen atoms in total. The van der Waals surface area contributed by atoms with Crippen LogP contribution < -0.4 is 9.47 Å². The Labute approximate surface area is 145 Å². The van der Waals surface area contributed by atoms with E-state index in [1.165, 1.54) is 11.8 Å². The van der Waals surface area contributed by atoms with Crippen LogP contribution in [0.15, 0.2) is 27.8 Å². The second-order valence-corrected chi connectivity index (χ2v) is 7.25. The molecule has 0 bridgehead atoms. The molecule has 0 saturated heterocycles. The Morgan fingerprint density at radius 3 is 2.67 bits per heavy atom. The van der Waals surface area contributed by atoms with Gasteiger partial charge in [-0.05, 0) is 24.6 Å². The Hall–Kier alpha value is -2.02. The number of carbonyl (C=O) groups is 1. The summed E-state index contributed by atoms with van der Waals surface area (Å²) in [6, 6.07) is 5.10. The zero-order chi connectivity index (χ0) is 17.6. The number of rotatable bonds is 8. The van der Waals surface area contributed by atoms with Gasteiger partial charge in [-0.2, -0.15) is 0 Å². The molecule has 0 unspecified atom stereocenters. The molecule has 0 aliphatic heterocycles. The number of hydrogen-bond donors (Lipinski definition) is 0. The minimum Gasteiger partial charge on any atom is -0.493 e. The van der Waals surface area contributed by atoms with Crippen molar-refractivity contribution in [1.29, 1.82) is 0 Å². The minimum absolute atomic E-state index is 0.140. The van der Waals surface area contributed by atoms with Crippen LogP contribution in [0.2, 0.25) is 0 Å². The molecular formula is C17H22N2O4S. The average Bonchev–Trinajstić information content (AvgIpc) is 3.04. The number of carbonyl (C=O) groups excluding carboxylic acids is 1. The van der Waals surface area contributed by atoms with E-state index in [9.17, 15) is 4.79 Å². The lowest BCUT2D eigenvalue weighted by Crippen LogP contribution is -2.11. The first kappa shape index (κ1) is 18.3. The lowest BCUT2D eigenvalue weighted by molar-refractivity contribution is 0.112. The monoisotopic (exact) mass is 350 g/mol. The van der Waals surface area contributed by atoms with E-state index in [1.54, 1.807) is 25.3 Å². The number of methoxy groups -OCH3 is 1. The third-order valence-corrected chi connectivity index (χ3v) is 4.05. The summed E-state index contributed by atoms with van der Waals surface area (Å²) in [7, 11) is 1.55. The molecule has 0 fully saturated rings. The van der Waals surface area contributed by atoms with Crippen LogP contribution in [0.3, 0.4) is 0 Å². The number of benzene rings is 1. The Morgan fingerprint density at radius 1 is 1.25 bits per heavy atom. The molecule has 7 heteroatoms. The average molecular weight is 350 g/mol. The van der Waals surface area contributed by atoms with Gasteiger partial charge in [0.15, 0.2) is 11.5 Å². The first-order chi connectivity index (χ1) is 11.4. The fourth-order valence-electron chi connectivity index (χ4n) is 1.85. The van der Waals surface area contributed by atoms with Crippen LogP contribution >= 0.6 is 11.8 Å². The van der Waals surface area contributed by atoms with Crippen LogP contribution in [0.4, 0.5) is 0 Å². The number of thioether (sulfide) groups is 1. The van der Waals surface area contributed by atoms with Gasteiger partial charge in [-0.3, -0.25) is 4.79 Å². The Bertz CT molecular complexity index is 679. The molecule has 2 rings (SSSR count).